The summed E-state index contributed by atoms with van der Waals surface area (Å²) < 4.78 is 0. The normalized spacial score (nSPS) is 26.8. The van der Waals surface area contributed by atoms with E-state index in [9.17, 15) is 4.79 Å². The number of hydrogen-bond acceptors (Lipinski definition) is 2. The summed E-state index contributed by atoms with van der Waals surface area (Å²) in [6.07, 6.45) is 4.96. The Morgan fingerprint density at radius 1 is 1.62 bits per heavy atom. The fourth-order valence-corrected chi connectivity index (χ4v) is 1.24. The van der Waals surface area contributed by atoms with Crippen molar-refractivity contribution in [3.8, 4) is 0 Å². The number of rotatable bonds is 1. The van der Waals surface area contributed by atoms with Crippen LogP contribution in [0.3, 0.4) is 0 Å². The van der Waals surface area contributed by atoms with Gasteiger partial charge in [-0.1, -0.05) is 25.3 Å². The first-order valence-electron chi connectivity index (χ1n) is 4.22. The van der Waals surface area contributed by atoms with Crippen LogP contribution in [0.4, 0.5) is 0 Å². The molecule has 1 unspecified atom stereocenters. The van der Waals surface area contributed by atoms with E-state index in [2.05, 4.69) is 18.5 Å². The predicted octanol–water partition coefficient (Wildman–Crippen LogP) is 0.850. The molecule has 3 heteroatoms. The van der Waals surface area contributed by atoms with E-state index in [4.69, 9.17) is 5.73 Å². The zero-order valence-corrected chi connectivity index (χ0v) is 7.55. The first-order chi connectivity index (χ1) is 6.15. The maximum atomic E-state index is 11.2. The molecule has 13 heavy (non-hydrogen) atoms. The van der Waals surface area contributed by atoms with Crippen LogP contribution in [0.15, 0.2) is 36.6 Å². The molecular weight excluding hydrogens is 164 g/mol. The highest BCUT2D eigenvalue weighted by molar-refractivity contribution is 5.84. The van der Waals surface area contributed by atoms with Gasteiger partial charge in [0.1, 0.15) is 0 Å². The minimum absolute atomic E-state index is 0.155. The van der Waals surface area contributed by atoms with Gasteiger partial charge in [-0.05, 0) is 18.4 Å². The van der Waals surface area contributed by atoms with Crippen LogP contribution in [0.5, 0.6) is 0 Å². The predicted molar refractivity (Wildman–Crippen MR) is 52.8 cm³/mol. The molecule has 1 aliphatic rings. The van der Waals surface area contributed by atoms with Crippen LogP contribution in [0, 0.1) is 0 Å². The third-order valence-corrected chi connectivity index (χ3v) is 2.04. The molecule has 0 bridgehead atoms. The Morgan fingerprint density at radius 3 is 2.92 bits per heavy atom. The molecule has 1 fully saturated rings. The monoisotopic (exact) mass is 178 g/mol. The number of carbonyl (C=O) groups excluding carboxylic acids is 1. The molecule has 1 rings (SSSR count). The Labute approximate surface area is 78.0 Å². The van der Waals surface area contributed by atoms with Crippen molar-refractivity contribution in [3.05, 3.63) is 36.6 Å². The molecule has 0 aromatic heterocycles. The highest BCUT2D eigenvalue weighted by atomic mass is 16.2. The van der Waals surface area contributed by atoms with Crippen LogP contribution in [0.25, 0.3) is 0 Å². The van der Waals surface area contributed by atoms with Gasteiger partial charge in [0.2, 0.25) is 5.91 Å². The standard InChI is InChI=1S/C10H14N2O/c1-3-4-8-5-6-9(11)10(13)12-7(8)2/h3-4,9H,1-2,5-6,11H2,(H,12,13)/b8-4-. The molecule has 0 spiro atoms. The molecule has 1 heterocycles. The Morgan fingerprint density at radius 2 is 2.31 bits per heavy atom. The lowest BCUT2D eigenvalue weighted by molar-refractivity contribution is -0.121. The molecule has 1 aliphatic heterocycles. The zero-order chi connectivity index (χ0) is 9.84. The van der Waals surface area contributed by atoms with E-state index in [-0.39, 0.29) is 5.91 Å². The van der Waals surface area contributed by atoms with Gasteiger partial charge in [0.25, 0.3) is 0 Å². The van der Waals surface area contributed by atoms with Crippen molar-refractivity contribution in [3.63, 3.8) is 0 Å². The van der Waals surface area contributed by atoms with Crippen LogP contribution >= 0.6 is 0 Å². The van der Waals surface area contributed by atoms with E-state index in [0.717, 1.165) is 12.0 Å². The first kappa shape index (κ1) is 9.74. The number of hydrogen-bond donors (Lipinski definition) is 2. The van der Waals surface area contributed by atoms with Gasteiger partial charge in [-0.2, -0.15) is 0 Å². The second kappa shape index (κ2) is 4.05. The average molecular weight is 178 g/mol. The number of allylic oxidation sites excluding steroid dienone is 3. The minimum atomic E-state index is -0.424. The Kier molecular flexibility index (Phi) is 3.03. The maximum Gasteiger partial charge on any atom is 0.241 e. The lowest BCUT2D eigenvalue weighted by Crippen LogP contribution is -2.37. The van der Waals surface area contributed by atoms with Gasteiger partial charge < -0.3 is 11.1 Å². The SMILES string of the molecule is C=C/C=C1/CCC(N)C(=O)NC1=C. The van der Waals surface area contributed by atoms with Crippen molar-refractivity contribution in [2.45, 2.75) is 18.9 Å². The molecule has 1 saturated heterocycles. The van der Waals surface area contributed by atoms with Gasteiger partial charge in [-0.25, -0.2) is 0 Å². The van der Waals surface area contributed by atoms with Crippen molar-refractivity contribution in [1.82, 2.24) is 5.32 Å². The molecule has 0 saturated carbocycles. The van der Waals surface area contributed by atoms with Gasteiger partial charge in [-0.3, -0.25) is 4.79 Å². The third kappa shape index (κ3) is 2.29. The van der Waals surface area contributed by atoms with E-state index in [0.29, 0.717) is 12.1 Å². The molecule has 3 N–H and O–H groups in total. The van der Waals surface area contributed by atoms with Gasteiger partial charge in [0, 0.05) is 5.70 Å². The zero-order valence-electron chi connectivity index (χ0n) is 7.55. The minimum Gasteiger partial charge on any atom is -0.325 e. The molecule has 0 aliphatic carbocycles. The average Bonchev–Trinajstić information content (AvgIpc) is 2.20. The summed E-state index contributed by atoms with van der Waals surface area (Å²) in [4.78, 5) is 11.2. The number of amides is 1. The summed E-state index contributed by atoms with van der Waals surface area (Å²) in [5.41, 5.74) is 7.23. The van der Waals surface area contributed by atoms with E-state index >= 15 is 0 Å². The summed E-state index contributed by atoms with van der Waals surface area (Å²) in [7, 11) is 0. The quantitative estimate of drug-likeness (QED) is 0.625. The third-order valence-electron chi connectivity index (χ3n) is 2.04. The highest BCUT2D eigenvalue weighted by Gasteiger charge is 2.19. The molecule has 70 valence electrons. The summed E-state index contributed by atoms with van der Waals surface area (Å²) in [6, 6.07) is -0.424. The van der Waals surface area contributed by atoms with Crippen LogP contribution in [-0.4, -0.2) is 11.9 Å². The lowest BCUT2D eigenvalue weighted by atomic mass is 10.1. The summed E-state index contributed by atoms with van der Waals surface area (Å²) >= 11 is 0. The highest BCUT2D eigenvalue weighted by Crippen LogP contribution is 2.17. The summed E-state index contributed by atoms with van der Waals surface area (Å²) in [5, 5.41) is 2.65. The van der Waals surface area contributed by atoms with Crippen molar-refractivity contribution >= 4 is 5.91 Å². The van der Waals surface area contributed by atoms with E-state index in [1.807, 2.05) is 6.08 Å². The molecule has 0 aromatic carbocycles. The molecule has 3 nitrogen and oxygen atoms in total. The first-order valence-corrected chi connectivity index (χ1v) is 4.22. The van der Waals surface area contributed by atoms with Gasteiger partial charge >= 0.3 is 0 Å². The Bertz CT molecular complexity index is 279. The van der Waals surface area contributed by atoms with Crippen molar-refractivity contribution < 1.29 is 4.79 Å². The topological polar surface area (TPSA) is 55.1 Å². The smallest absolute Gasteiger partial charge is 0.241 e. The summed E-state index contributed by atoms with van der Waals surface area (Å²) in [5.74, 6) is -0.155. The number of nitrogens with two attached hydrogens (primary N) is 1. The Balaban J connectivity index is 2.83. The lowest BCUT2D eigenvalue weighted by Gasteiger charge is -2.06. The largest absolute Gasteiger partial charge is 0.325 e. The molecule has 1 amide bonds. The van der Waals surface area contributed by atoms with Crippen LogP contribution in [-0.2, 0) is 4.79 Å². The Hall–Kier alpha value is -1.35. The number of nitrogens with one attached hydrogen (secondary N) is 1. The van der Waals surface area contributed by atoms with Crippen molar-refractivity contribution in [2.24, 2.45) is 5.73 Å². The fourth-order valence-electron chi connectivity index (χ4n) is 1.24. The summed E-state index contributed by atoms with van der Waals surface area (Å²) in [6.45, 7) is 7.35. The molecule has 1 atom stereocenters. The van der Waals surface area contributed by atoms with Crippen molar-refractivity contribution in [1.29, 1.82) is 0 Å². The molecule has 0 radical (unpaired) electrons. The van der Waals surface area contributed by atoms with Gasteiger partial charge in [0.15, 0.2) is 0 Å². The van der Waals surface area contributed by atoms with Crippen LogP contribution < -0.4 is 11.1 Å². The van der Waals surface area contributed by atoms with E-state index < -0.39 is 6.04 Å². The van der Waals surface area contributed by atoms with Gasteiger partial charge in [-0.15, -0.1) is 0 Å². The fraction of sp³-hybridized carbons (Fsp3) is 0.300. The maximum absolute atomic E-state index is 11.2. The number of carbonyl (C=O) groups is 1. The van der Waals surface area contributed by atoms with Crippen LogP contribution in [0.1, 0.15) is 12.8 Å². The van der Waals surface area contributed by atoms with E-state index in [1.54, 1.807) is 6.08 Å². The van der Waals surface area contributed by atoms with Crippen molar-refractivity contribution in [2.75, 3.05) is 0 Å². The molecule has 0 aromatic rings. The van der Waals surface area contributed by atoms with Gasteiger partial charge in [0.05, 0.1) is 6.04 Å². The van der Waals surface area contributed by atoms with E-state index in [1.165, 1.54) is 0 Å². The second-order valence-electron chi connectivity index (χ2n) is 3.04. The molecular formula is C10H14N2O. The van der Waals surface area contributed by atoms with Crippen LogP contribution in [0.2, 0.25) is 0 Å². The second-order valence-corrected chi connectivity index (χ2v) is 3.04.